The maximum Gasteiger partial charge on any atom is 0.573 e. The van der Waals surface area contributed by atoms with E-state index in [1.807, 2.05) is 0 Å². The average Bonchev–Trinajstić information content (AvgIpc) is 2.80. The lowest BCUT2D eigenvalue weighted by Gasteiger charge is -2.25. The molecule has 2 N–H and O–H groups in total. The molecule has 0 aliphatic rings. The number of nitrogens with zero attached hydrogens (tertiary/aromatic N) is 2. The summed E-state index contributed by atoms with van der Waals surface area (Å²) < 4.78 is 95.3. The van der Waals surface area contributed by atoms with Crippen molar-refractivity contribution in [2.75, 3.05) is 17.7 Å². The third-order valence-electron chi connectivity index (χ3n) is 4.87. The van der Waals surface area contributed by atoms with Crippen molar-refractivity contribution in [2.45, 2.75) is 17.4 Å². The van der Waals surface area contributed by atoms with E-state index in [-0.39, 0.29) is 21.7 Å². The molecule has 14 heteroatoms. The van der Waals surface area contributed by atoms with E-state index in [0.717, 1.165) is 24.6 Å². The molecule has 0 fully saturated rings. The molecule has 1 aromatic heterocycles. The minimum Gasteiger partial charge on any atom is -0.405 e. The molecule has 0 saturated heterocycles. The molecule has 196 valence electrons. The maximum absolute atomic E-state index is 13.5. The molecule has 1 atom stereocenters. The molecule has 1 heterocycles. The van der Waals surface area contributed by atoms with E-state index in [4.69, 9.17) is 5.73 Å². The highest BCUT2D eigenvalue weighted by Crippen LogP contribution is 2.39. The third kappa shape index (κ3) is 6.84. The Morgan fingerprint density at radius 3 is 2.30 bits per heavy atom. The number of rotatable bonds is 7. The summed E-state index contributed by atoms with van der Waals surface area (Å²) in [6.07, 6.45) is -6.62. The van der Waals surface area contributed by atoms with Crippen LogP contribution < -0.4 is 15.4 Å². The Kier molecular flexibility index (Phi) is 7.91. The molecule has 3 aromatic rings. The van der Waals surface area contributed by atoms with Crippen LogP contribution in [0, 0.1) is 0 Å². The quantitative estimate of drug-likeness (QED) is 0.440. The summed E-state index contributed by atoms with van der Waals surface area (Å²) in [4.78, 5) is 29.5. The van der Waals surface area contributed by atoms with Crippen molar-refractivity contribution in [3.8, 4) is 16.9 Å². The monoisotopic (exact) mass is 545 g/mol. The first-order chi connectivity index (χ1) is 17.2. The Balaban J connectivity index is 2.21. The third-order valence-corrected chi connectivity index (χ3v) is 5.77. The fourth-order valence-corrected chi connectivity index (χ4v) is 3.95. The van der Waals surface area contributed by atoms with Gasteiger partial charge in [-0.15, -0.1) is 13.2 Å². The van der Waals surface area contributed by atoms with Crippen LogP contribution in [0.4, 0.5) is 32.0 Å². The van der Waals surface area contributed by atoms with Gasteiger partial charge in [-0.3, -0.25) is 23.7 Å². The van der Waals surface area contributed by atoms with Crippen LogP contribution in [0.5, 0.6) is 5.75 Å². The van der Waals surface area contributed by atoms with Crippen molar-refractivity contribution >= 4 is 28.3 Å². The van der Waals surface area contributed by atoms with E-state index in [0.29, 0.717) is 17.0 Å². The first kappa shape index (κ1) is 27.6. The zero-order valence-corrected chi connectivity index (χ0v) is 19.6. The molecule has 1 unspecified atom stereocenters. The van der Waals surface area contributed by atoms with Crippen molar-refractivity contribution in [2.24, 2.45) is 5.73 Å². The van der Waals surface area contributed by atoms with Gasteiger partial charge in [-0.25, -0.2) is 0 Å². The Labute approximate surface area is 208 Å². The second-order valence-corrected chi connectivity index (χ2v) is 8.87. The standard InChI is InChI=1S/C23H17F6N3O4S/c1-37(35)15-9-13(8-14(10-15)22(24,25)26)21(34)32(12-20(30)33)18-11-31-7-6-16(18)17-4-2-3-5-19(17)36-23(27,28)29/h2-11H,12H2,1H3,(H2,30,33). The largest absolute Gasteiger partial charge is 0.573 e. The maximum atomic E-state index is 13.5. The van der Waals surface area contributed by atoms with Crippen LogP contribution in [0.25, 0.3) is 11.1 Å². The molecule has 3 rings (SSSR count). The number of ether oxygens (including phenoxy) is 1. The molecule has 0 aliphatic carbocycles. The molecule has 0 bridgehead atoms. The van der Waals surface area contributed by atoms with Gasteiger partial charge >= 0.3 is 12.5 Å². The topological polar surface area (TPSA) is 103 Å². The van der Waals surface area contributed by atoms with E-state index in [2.05, 4.69) is 9.72 Å². The molecule has 2 aromatic carbocycles. The number of nitrogens with two attached hydrogens (primary N) is 1. The normalized spacial score (nSPS) is 12.6. The van der Waals surface area contributed by atoms with Gasteiger partial charge in [0.25, 0.3) is 5.91 Å². The number of aromatic nitrogens is 1. The number of carbonyl (C=O) groups excluding carboxylic acids is 2. The molecule has 0 radical (unpaired) electrons. The van der Waals surface area contributed by atoms with E-state index in [1.165, 1.54) is 30.5 Å². The minimum atomic E-state index is -5.06. The number of primary amides is 1. The summed E-state index contributed by atoms with van der Waals surface area (Å²) >= 11 is 0. The summed E-state index contributed by atoms with van der Waals surface area (Å²) in [7, 11) is -1.91. The lowest BCUT2D eigenvalue weighted by atomic mass is 10.0. The van der Waals surface area contributed by atoms with Gasteiger partial charge in [-0.2, -0.15) is 13.2 Å². The highest BCUT2D eigenvalue weighted by atomic mass is 32.2. The van der Waals surface area contributed by atoms with E-state index in [9.17, 15) is 40.1 Å². The molecule has 0 aliphatic heterocycles. The van der Waals surface area contributed by atoms with Crippen LogP contribution in [-0.2, 0) is 21.8 Å². The van der Waals surface area contributed by atoms with Gasteiger partial charge in [0.15, 0.2) is 0 Å². The zero-order chi connectivity index (χ0) is 27.5. The molecule has 0 saturated carbocycles. The number of anilines is 1. The average molecular weight is 545 g/mol. The van der Waals surface area contributed by atoms with E-state index >= 15 is 0 Å². The second kappa shape index (κ2) is 10.6. The van der Waals surface area contributed by atoms with Gasteiger partial charge in [-0.1, -0.05) is 18.2 Å². The summed E-state index contributed by atoms with van der Waals surface area (Å²) in [5.41, 5.74) is 2.97. The fourth-order valence-electron chi connectivity index (χ4n) is 3.36. The number of pyridine rings is 1. The molecule has 0 spiro atoms. The predicted octanol–water partition coefficient (Wildman–Crippen LogP) is 4.54. The Bertz CT molecular complexity index is 1360. The summed E-state index contributed by atoms with van der Waals surface area (Å²) in [5, 5.41) is 0. The summed E-state index contributed by atoms with van der Waals surface area (Å²) in [6, 6.07) is 8.23. The van der Waals surface area contributed by atoms with Crippen LogP contribution in [0.2, 0.25) is 0 Å². The first-order valence-electron chi connectivity index (χ1n) is 10.1. The van der Waals surface area contributed by atoms with Gasteiger partial charge in [0, 0.05) is 44.8 Å². The van der Waals surface area contributed by atoms with Gasteiger partial charge in [0.05, 0.1) is 17.4 Å². The molecular weight excluding hydrogens is 528 g/mol. The van der Waals surface area contributed by atoms with Crippen LogP contribution in [0.15, 0.2) is 65.8 Å². The van der Waals surface area contributed by atoms with Crippen LogP contribution in [0.1, 0.15) is 15.9 Å². The fraction of sp³-hybridized carbons (Fsp3) is 0.174. The number of para-hydroxylation sites is 1. The van der Waals surface area contributed by atoms with Crippen molar-refractivity contribution in [3.05, 3.63) is 72.1 Å². The number of amides is 2. The van der Waals surface area contributed by atoms with Crippen molar-refractivity contribution in [3.63, 3.8) is 0 Å². The molecular formula is C23H17F6N3O4S. The summed E-state index contributed by atoms with van der Waals surface area (Å²) in [6.45, 7) is -0.861. The van der Waals surface area contributed by atoms with Crippen LogP contribution >= 0.6 is 0 Å². The smallest absolute Gasteiger partial charge is 0.405 e. The van der Waals surface area contributed by atoms with E-state index in [1.54, 1.807) is 0 Å². The minimum absolute atomic E-state index is 0.0595. The number of hydrogen-bond acceptors (Lipinski definition) is 5. The highest BCUT2D eigenvalue weighted by molar-refractivity contribution is 7.84. The van der Waals surface area contributed by atoms with Crippen molar-refractivity contribution in [1.82, 2.24) is 4.98 Å². The van der Waals surface area contributed by atoms with Gasteiger partial charge in [0.2, 0.25) is 5.91 Å². The van der Waals surface area contributed by atoms with Gasteiger partial charge < -0.3 is 10.5 Å². The van der Waals surface area contributed by atoms with E-state index < -0.39 is 58.6 Å². The van der Waals surface area contributed by atoms with Crippen molar-refractivity contribution < 1.29 is 44.9 Å². The van der Waals surface area contributed by atoms with Crippen LogP contribution in [0.3, 0.4) is 0 Å². The Morgan fingerprint density at radius 2 is 1.70 bits per heavy atom. The number of carbonyl (C=O) groups is 2. The lowest BCUT2D eigenvalue weighted by Crippen LogP contribution is -2.39. The Morgan fingerprint density at radius 1 is 1.03 bits per heavy atom. The summed E-state index contributed by atoms with van der Waals surface area (Å²) in [5.74, 6) is -2.88. The second-order valence-electron chi connectivity index (χ2n) is 7.49. The molecule has 37 heavy (non-hydrogen) atoms. The zero-order valence-electron chi connectivity index (χ0n) is 18.8. The molecule has 7 nitrogen and oxygen atoms in total. The SMILES string of the molecule is CS(=O)c1cc(C(=O)N(CC(N)=O)c2cnccc2-c2ccccc2OC(F)(F)F)cc(C(F)(F)F)c1. The molecule has 2 amide bonds. The van der Waals surface area contributed by atoms with Gasteiger partial charge in [-0.05, 0) is 30.3 Å². The van der Waals surface area contributed by atoms with Crippen molar-refractivity contribution in [1.29, 1.82) is 0 Å². The Hall–Kier alpha value is -3.94. The first-order valence-corrected chi connectivity index (χ1v) is 11.7. The van der Waals surface area contributed by atoms with Crippen LogP contribution in [-0.4, -0.2) is 40.2 Å². The number of alkyl halides is 6. The number of hydrogen-bond donors (Lipinski definition) is 1. The number of benzene rings is 2. The highest BCUT2D eigenvalue weighted by Gasteiger charge is 2.34. The lowest BCUT2D eigenvalue weighted by molar-refractivity contribution is -0.274. The number of halogens is 6. The van der Waals surface area contributed by atoms with Gasteiger partial charge in [0.1, 0.15) is 12.3 Å². The predicted molar refractivity (Wildman–Crippen MR) is 121 cm³/mol.